The summed E-state index contributed by atoms with van der Waals surface area (Å²) < 4.78 is 11.4. The molecule has 0 saturated carbocycles. The molecule has 35 heavy (non-hydrogen) atoms. The maximum absolute atomic E-state index is 13.1. The van der Waals surface area contributed by atoms with E-state index in [0.717, 1.165) is 11.1 Å². The minimum Gasteiger partial charge on any atom is -0.489 e. The van der Waals surface area contributed by atoms with Crippen LogP contribution in [0.4, 0.5) is 0 Å². The zero-order valence-electron chi connectivity index (χ0n) is 19.3. The monoisotopic (exact) mass is 477 g/mol. The molecule has 0 bridgehead atoms. The summed E-state index contributed by atoms with van der Waals surface area (Å²) >= 11 is 0. The van der Waals surface area contributed by atoms with Crippen LogP contribution in [0, 0.1) is 0 Å². The lowest BCUT2D eigenvalue weighted by molar-refractivity contribution is -0.132. The van der Waals surface area contributed by atoms with Crippen molar-refractivity contribution >= 4 is 23.6 Å². The van der Waals surface area contributed by atoms with Crippen molar-refractivity contribution in [2.45, 2.75) is 38.5 Å². The van der Waals surface area contributed by atoms with Crippen molar-refractivity contribution in [2.75, 3.05) is 26.3 Å². The highest BCUT2D eigenvalue weighted by Crippen LogP contribution is 2.34. The summed E-state index contributed by atoms with van der Waals surface area (Å²) in [7, 11) is 0. The summed E-state index contributed by atoms with van der Waals surface area (Å²) in [6.07, 6.45) is 1.28. The third kappa shape index (κ3) is 4.77. The number of hydrogen-bond acceptors (Lipinski definition) is 6. The van der Waals surface area contributed by atoms with Crippen molar-refractivity contribution in [2.24, 2.45) is 0 Å². The molecule has 0 aliphatic carbocycles. The highest BCUT2D eigenvalue weighted by molar-refractivity contribution is 6.04. The molecule has 182 valence electrons. The van der Waals surface area contributed by atoms with Crippen LogP contribution in [0.2, 0.25) is 0 Å². The Bertz CT molecular complexity index is 1160. The van der Waals surface area contributed by atoms with Gasteiger partial charge in [0.1, 0.15) is 18.4 Å². The lowest BCUT2D eigenvalue weighted by Crippen LogP contribution is -2.46. The van der Waals surface area contributed by atoms with Gasteiger partial charge in [-0.3, -0.25) is 24.5 Å². The van der Waals surface area contributed by atoms with E-state index >= 15 is 0 Å². The van der Waals surface area contributed by atoms with Gasteiger partial charge in [-0.25, -0.2) is 0 Å². The van der Waals surface area contributed by atoms with Crippen LogP contribution in [0.25, 0.3) is 0 Å². The maximum Gasteiger partial charge on any atom is 0.255 e. The quantitative estimate of drug-likeness (QED) is 0.660. The van der Waals surface area contributed by atoms with Crippen molar-refractivity contribution in [1.29, 1.82) is 0 Å². The van der Waals surface area contributed by atoms with E-state index in [-0.39, 0.29) is 37.3 Å². The molecule has 3 aliphatic rings. The number of amides is 4. The molecule has 2 saturated heterocycles. The van der Waals surface area contributed by atoms with Gasteiger partial charge in [-0.05, 0) is 42.7 Å². The summed E-state index contributed by atoms with van der Waals surface area (Å²) in [5.74, 6) is -0.390. The van der Waals surface area contributed by atoms with Crippen molar-refractivity contribution in [3.63, 3.8) is 0 Å². The standard InChI is InChI=1S/C26H27N3O6/c30-23-6-2-4-21(24(31)27-23)29-15-20-19(26(29)33)3-1-5-22(20)35-16-17-7-9-18(10-8-17)25(32)28-11-13-34-14-12-28/h1,3,5,7-10,21H,2,4,6,11-16H2,(H,27,30,31)/t21-/m0/s1. The van der Waals surface area contributed by atoms with E-state index in [1.807, 2.05) is 18.2 Å². The fourth-order valence-electron chi connectivity index (χ4n) is 4.73. The van der Waals surface area contributed by atoms with Gasteiger partial charge in [0.15, 0.2) is 0 Å². The number of hydrogen-bond donors (Lipinski definition) is 1. The molecule has 9 heteroatoms. The van der Waals surface area contributed by atoms with Crippen molar-refractivity contribution in [3.05, 3.63) is 64.7 Å². The first kappa shape index (κ1) is 23.0. The second-order valence-corrected chi connectivity index (χ2v) is 8.93. The van der Waals surface area contributed by atoms with Crippen LogP contribution in [-0.2, 0) is 27.5 Å². The molecular weight excluding hydrogens is 450 g/mol. The van der Waals surface area contributed by atoms with E-state index < -0.39 is 11.9 Å². The van der Waals surface area contributed by atoms with E-state index in [2.05, 4.69) is 5.32 Å². The number of carbonyl (C=O) groups excluding carboxylic acids is 4. The van der Waals surface area contributed by atoms with Gasteiger partial charge in [0, 0.05) is 36.2 Å². The van der Waals surface area contributed by atoms with Crippen molar-refractivity contribution < 1.29 is 28.7 Å². The van der Waals surface area contributed by atoms with Gasteiger partial charge in [-0.15, -0.1) is 0 Å². The molecule has 9 nitrogen and oxygen atoms in total. The zero-order chi connectivity index (χ0) is 24.4. The summed E-state index contributed by atoms with van der Waals surface area (Å²) in [4.78, 5) is 53.2. The average molecular weight is 478 g/mol. The molecule has 5 rings (SSSR count). The first-order valence-electron chi connectivity index (χ1n) is 11.9. The van der Waals surface area contributed by atoms with Crippen LogP contribution >= 0.6 is 0 Å². The molecule has 2 aromatic carbocycles. The Kier molecular flexibility index (Phi) is 6.50. The van der Waals surface area contributed by atoms with Crippen LogP contribution in [0.1, 0.15) is 51.1 Å². The van der Waals surface area contributed by atoms with Crippen molar-refractivity contribution in [3.8, 4) is 5.75 Å². The molecule has 0 radical (unpaired) electrons. The van der Waals surface area contributed by atoms with Crippen LogP contribution in [-0.4, -0.2) is 65.8 Å². The molecular formula is C26H27N3O6. The van der Waals surface area contributed by atoms with Crippen LogP contribution < -0.4 is 10.1 Å². The minimum atomic E-state index is -0.675. The lowest BCUT2D eigenvalue weighted by Gasteiger charge is -2.26. The fraction of sp³-hybridized carbons (Fsp3) is 0.385. The van der Waals surface area contributed by atoms with Crippen LogP contribution in [0.15, 0.2) is 42.5 Å². The Labute approximate surface area is 203 Å². The third-order valence-electron chi connectivity index (χ3n) is 6.67. The highest BCUT2D eigenvalue weighted by atomic mass is 16.5. The number of ether oxygens (including phenoxy) is 2. The van der Waals surface area contributed by atoms with E-state index in [0.29, 0.717) is 56.0 Å². The topological polar surface area (TPSA) is 105 Å². The first-order chi connectivity index (χ1) is 17.0. The van der Waals surface area contributed by atoms with Gasteiger partial charge in [-0.2, -0.15) is 0 Å². The molecule has 0 aromatic heterocycles. The predicted octanol–water partition coefficient (Wildman–Crippen LogP) is 1.89. The van der Waals surface area contributed by atoms with Gasteiger partial charge < -0.3 is 19.3 Å². The van der Waals surface area contributed by atoms with E-state index in [9.17, 15) is 19.2 Å². The fourth-order valence-corrected chi connectivity index (χ4v) is 4.73. The van der Waals surface area contributed by atoms with Gasteiger partial charge in [0.05, 0.1) is 19.8 Å². The van der Waals surface area contributed by atoms with E-state index in [1.165, 1.54) is 4.90 Å². The number of morpholine rings is 1. The number of nitrogens with one attached hydrogen (secondary N) is 1. The Morgan fingerprint density at radius 2 is 1.83 bits per heavy atom. The largest absolute Gasteiger partial charge is 0.489 e. The van der Waals surface area contributed by atoms with Crippen LogP contribution in [0.3, 0.4) is 0 Å². The second kappa shape index (κ2) is 9.87. The Morgan fingerprint density at radius 3 is 2.60 bits per heavy atom. The minimum absolute atomic E-state index is 0.00972. The molecule has 4 amide bonds. The molecule has 1 atom stereocenters. The highest BCUT2D eigenvalue weighted by Gasteiger charge is 2.39. The molecule has 2 aromatic rings. The molecule has 2 fully saturated rings. The first-order valence-corrected chi connectivity index (χ1v) is 11.9. The Hall–Kier alpha value is -3.72. The van der Waals surface area contributed by atoms with Crippen LogP contribution in [0.5, 0.6) is 5.75 Å². The predicted molar refractivity (Wildman–Crippen MR) is 125 cm³/mol. The third-order valence-corrected chi connectivity index (χ3v) is 6.67. The second-order valence-electron chi connectivity index (χ2n) is 8.93. The number of carbonyl (C=O) groups is 4. The Balaban J connectivity index is 1.25. The van der Waals surface area contributed by atoms with E-state index in [1.54, 1.807) is 29.2 Å². The van der Waals surface area contributed by atoms with Gasteiger partial charge in [0.2, 0.25) is 11.8 Å². The number of imide groups is 1. The molecule has 0 spiro atoms. The summed E-state index contributed by atoms with van der Waals surface area (Å²) in [5, 5.41) is 2.37. The molecule has 3 heterocycles. The number of nitrogens with zero attached hydrogens (tertiary/aromatic N) is 2. The molecule has 0 unspecified atom stereocenters. The van der Waals surface area contributed by atoms with Gasteiger partial charge in [0.25, 0.3) is 11.8 Å². The molecule has 1 N–H and O–H groups in total. The number of benzene rings is 2. The number of rotatable bonds is 5. The summed E-state index contributed by atoms with van der Waals surface area (Å²) in [6.45, 7) is 2.83. The normalized spacial score (nSPS) is 20.3. The van der Waals surface area contributed by atoms with Gasteiger partial charge in [-0.1, -0.05) is 18.2 Å². The van der Waals surface area contributed by atoms with Gasteiger partial charge >= 0.3 is 0 Å². The zero-order valence-corrected chi connectivity index (χ0v) is 19.3. The van der Waals surface area contributed by atoms with Crippen molar-refractivity contribution in [1.82, 2.24) is 15.1 Å². The number of fused-ring (bicyclic) bond motifs is 1. The summed E-state index contributed by atoms with van der Waals surface area (Å²) in [5.41, 5.74) is 2.76. The summed E-state index contributed by atoms with van der Waals surface area (Å²) in [6, 6.07) is 11.9. The maximum atomic E-state index is 13.1. The van der Waals surface area contributed by atoms with E-state index in [4.69, 9.17) is 9.47 Å². The smallest absolute Gasteiger partial charge is 0.255 e. The lowest BCUT2D eigenvalue weighted by atomic mass is 10.1. The SMILES string of the molecule is O=C1CCC[C@H](N2Cc3c(OCc4ccc(C(=O)N5CCOCC5)cc4)cccc3C2=O)C(=O)N1. The Morgan fingerprint density at radius 1 is 1.06 bits per heavy atom. The average Bonchev–Trinajstić information content (AvgIpc) is 3.12. The molecule has 3 aliphatic heterocycles.